The summed E-state index contributed by atoms with van der Waals surface area (Å²) in [5.41, 5.74) is -0.460. The SMILES string of the molecule is CC(C)(C)OC[C@H](NC=O)C(=O)F. The average Bonchev–Trinajstić information content (AvgIpc) is 1.95. The lowest BCUT2D eigenvalue weighted by molar-refractivity contribution is -0.136. The van der Waals surface area contributed by atoms with E-state index < -0.39 is 17.7 Å². The molecule has 1 N–H and O–H groups in total. The van der Waals surface area contributed by atoms with Gasteiger partial charge < -0.3 is 10.1 Å². The Balaban J connectivity index is 3.97. The van der Waals surface area contributed by atoms with E-state index in [9.17, 15) is 14.0 Å². The fourth-order valence-electron chi connectivity index (χ4n) is 0.595. The molecule has 5 heteroatoms. The summed E-state index contributed by atoms with van der Waals surface area (Å²) in [5.74, 6) is 0. The molecule has 0 aliphatic rings. The van der Waals surface area contributed by atoms with E-state index in [0.717, 1.165) is 0 Å². The zero-order valence-corrected chi connectivity index (χ0v) is 7.96. The minimum Gasteiger partial charge on any atom is -0.373 e. The zero-order valence-electron chi connectivity index (χ0n) is 7.96. The average molecular weight is 191 g/mol. The summed E-state index contributed by atoms with van der Waals surface area (Å²) >= 11 is 0. The van der Waals surface area contributed by atoms with E-state index in [0.29, 0.717) is 0 Å². The number of ether oxygens (including phenoxy) is 1. The third-order valence-corrected chi connectivity index (χ3v) is 1.23. The molecule has 0 aliphatic heterocycles. The van der Waals surface area contributed by atoms with Crippen LogP contribution in [-0.4, -0.2) is 30.7 Å². The molecule has 76 valence electrons. The number of hydrogen-bond donors (Lipinski definition) is 1. The van der Waals surface area contributed by atoms with Gasteiger partial charge in [-0.2, -0.15) is 4.39 Å². The van der Waals surface area contributed by atoms with Crippen LogP contribution in [-0.2, 0) is 14.3 Å². The number of halogens is 1. The van der Waals surface area contributed by atoms with E-state index in [-0.39, 0.29) is 13.0 Å². The largest absolute Gasteiger partial charge is 0.373 e. The van der Waals surface area contributed by atoms with E-state index >= 15 is 0 Å². The van der Waals surface area contributed by atoms with Crippen molar-refractivity contribution in [1.29, 1.82) is 0 Å². The third-order valence-electron chi connectivity index (χ3n) is 1.23. The monoisotopic (exact) mass is 191 g/mol. The van der Waals surface area contributed by atoms with Gasteiger partial charge in [-0.05, 0) is 20.8 Å². The second-order valence-corrected chi connectivity index (χ2v) is 3.56. The van der Waals surface area contributed by atoms with Crippen LogP contribution in [0, 0.1) is 0 Å². The molecule has 0 saturated heterocycles. The van der Waals surface area contributed by atoms with Crippen LogP contribution < -0.4 is 5.32 Å². The predicted molar refractivity (Wildman–Crippen MR) is 44.8 cm³/mol. The van der Waals surface area contributed by atoms with Crippen molar-refractivity contribution in [3.8, 4) is 0 Å². The highest BCUT2D eigenvalue weighted by Crippen LogP contribution is 2.07. The van der Waals surface area contributed by atoms with E-state index in [1.807, 2.05) is 5.32 Å². The Morgan fingerprint density at radius 3 is 2.46 bits per heavy atom. The molecule has 13 heavy (non-hydrogen) atoms. The molecule has 0 rings (SSSR count). The van der Waals surface area contributed by atoms with Crippen molar-refractivity contribution in [3.63, 3.8) is 0 Å². The highest BCUT2D eigenvalue weighted by atomic mass is 19.1. The van der Waals surface area contributed by atoms with Gasteiger partial charge in [0.25, 0.3) is 0 Å². The first-order valence-electron chi connectivity index (χ1n) is 3.90. The van der Waals surface area contributed by atoms with Crippen molar-refractivity contribution in [2.45, 2.75) is 32.4 Å². The lowest BCUT2D eigenvalue weighted by Crippen LogP contribution is -2.40. The minimum atomic E-state index is -1.60. The first-order valence-corrected chi connectivity index (χ1v) is 3.90. The van der Waals surface area contributed by atoms with Gasteiger partial charge in [0.05, 0.1) is 12.2 Å². The van der Waals surface area contributed by atoms with Crippen LogP contribution >= 0.6 is 0 Å². The molecule has 1 amide bonds. The maximum Gasteiger partial charge on any atom is 0.325 e. The van der Waals surface area contributed by atoms with Crippen LogP contribution in [0.5, 0.6) is 0 Å². The molecular formula is C8H14FNO3. The van der Waals surface area contributed by atoms with Crippen molar-refractivity contribution in [2.24, 2.45) is 0 Å². The van der Waals surface area contributed by atoms with Gasteiger partial charge >= 0.3 is 6.04 Å². The highest BCUT2D eigenvalue weighted by Gasteiger charge is 2.20. The van der Waals surface area contributed by atoms with Gasteiger partial charge in [0, 0.05) is 0 Å². The minimum absolute atomic E-state index is 0.155. The van der Waals surface area contributed by atoms with Crippen LogP contribution in [0.4, 0.5) is 4.39 Å². The van der Waals surface area contributed by atoms with Crippen LogP contribution in [0.1, 0.15) is 20.8 Å². The summed E-state index contributed by atoms with van der Waals surface area (Å²) in [6.07, 6.45) is 0.272. The molecule has 0 aromatic carbocycles. The number of rotatable bonds is 5. The molecule has 0 fully saturated rings. The second kappa shape index (κ2) is 4.91. The first-order chi connectivity index (χ1) is 5.87. The Morgan fingerprint density at radius 2 is 2.15 bits per heavy atom. The van der Waals surface area contributed by atoms with Crippen LogP contribution in [0.25, 0.3) is 0 Å². The molecule has 0 heterocycles. The number of amides is 1. The van der Waals surface area contributed by atoms with Crippen LogP contribution in [0.3, 0.4) is 0 Å². The van der Waals surface area contributed by atoms with Gasteiger partial charge in [0.2, 0.25) is 6.41 Å². The van der Waals surface area contributed by atoms with Gasteiger partial charge in [-0.15, -0.1) is 0 Å². The number of hydrogen-bond acceptors (Lipinski definition) is 3. The molecule has 0 bridgehead atoms. The van der Waals surface area contributed by atoms with Crippen molar-refractivity contribution in [1.82, 2.24) is 5.32 Å². The topological polar surface area (TPSA) is 55.4 Å². The Morgan fingerprint density at radius 1 is 1.62 bits per heavy atom. The van der Waals surface area contributed by atoms with E-state index in [2.05, 4.69) is 0 Å². The molecule has 4 nitrogen and oxygen atoms in total. The number of carbonyl (C=O) groups is 2. The maximum absolute atomic E-state index is 12.2. The standard InChI is InChI=1S/C8H14FNO3/c1-8(2,3)13-4-6(7(9)12)10-5-11/h5-6H,4H2,1-3H3,(H,10,11)/t6-/m0/s1. The summed E-state index contributed by atoms with van der Waals surface area (Å²) < 4.78 is 17.3. The smallest absolute Gasteiger partial charge is 0.325 e. The Kier molecular flexibility index (Phi) is 4.55. The zero-order chi connectivity index (χ0) is 10.5. The van der Waals surface area contributed by atoms with Gasteiger partial charge in [0.15, 0.2) is 0 Å². The van der Waals surface area contributed by atoms with Gasteiger partial charge in [-0.3, -0.25) is 9.59 Å². The Hall–Kier alpha value is -0.970. The van der Waals surface area contributed by atoms with E-state index in [4.69, 9.17) is 4.74 Å². The Labute approximate surface area is 76.4 Å². The van der Waals surface area contributed by atoms with Gasteiger partial charge in [-0.25, -0.2) is 0 Å². The highest BCUT2D eigenvalue weighted by molar-refractivity contribution is 5.77. The lowest BCUT2D eigenvalue weighted by Gasteiger charge is -2.21. The second-order valence-electron chi connectivity index (χ2n) is 3.56. The summed E-state index contributed by atoms with van der Waals surface area (Å²) in [6.45, 7) is 5.16. The van der Waals surface area contributed by atoms with Crippen LogP contribution in [0.2, 0.25) is 0 Å². The summed E-state index contributed by atoms with van der Waals surface area (Å²) in [6, 6.07) is -2.80. The number of carbonyl (C=O) groups excluding carboxylic acids is 2. The van der Waals surface area contributed by atoms with Gasteiger partial charge in [0.1, 0.15) is 6.04 Å². The summed E-state index contributed by atoms with van der Waals surface area (Å²) in [4.78, 5) is 20.2. The van der Waals surface area contributed by atoms with Crippen LogP contribution in [0.15, 0.2) is 0 Å². The summed E-state index contributed by atoms with van der Waals surface area (Å²) in [5, 5.41) is 2.02. The molecule has 0 radical (unpaired) electrons. The third kappa shape index (κ3) is 6.21. The molecule has 0 aromatic rings. The van der Waals surface area contributed by atoms with Crippen molar-refractivity contribution in [3.05, 3.63) is 0 Å². The fourth-order valence-corrected chi connectivity index (χ4v) is 0.595. The maximum atomic E-state index is 12.2. The Bertz CT molecular complexity index is 188. The quantitative estimate of drug-likeness (QED) is 0.506. The van der Waals surface area contributed by atoms with Crippen molar-refractivity contribution in [2.75, 3.05) is 6.61 Å². The van der Waals surface area contributed by atoms with E-state index in [1.165, 1.54) is 0 Å². The normalized spacial score (nSPS) is 13.5. The molecule has 0 saturated carbocycles. The van der Waals surface area contributed by atoms with Gasteiger partial charge in [-0.1, -0.05) is 0 Å². The molecule has 1 atom stereocenters. The van der Waals surface area contributed by atoms with E-state index in [1.54, 1.807) is 20.8 Å². The van der Waals surface area contributed by atoms with Crippen molar-refractivity contribution >= 4 is 12.4 Å². The van der Waals surface area contributed by atoms with Crippen molar-refractivity contribution < 1.29 is 18.7 Å². The molecule has 0 aromatic heterocycles. The molecule has 0 spiro atoms. The molecule has 0 unspecified atom stereocenters. The number of nitrogens with one attached hydrogen (secondary N) is 1. The summed E-state index contributed by atoms with van der Waals surface area (Å²) in [7, 11) is 0. The molecule has 0 aliphatic carbocycles. The lowest BCUT2D eigenvalue weighted by atomic mass is 10.2. The molecular weight excluding hydrogens is 177 g/mol. The first kappa shape index (κ1) is 12.0. The fraction of sp³-hybridized carbons (Fsp3) is 0.750. The predicted octanol–water partition coefficient (Wildman–Crippen LogP) is 0.412.